The molecule has 2 aromatic carbocycles. The average Bonchev–Trinajstić information content (AvgIpc) is 3.42. The second kappa shape index (κ2) is 6.71. The van der Waals surface area contributed by atoms with Crippen molar-refractivity contribution in [2.24, 2.45) is 5.41 Å². The van der Waals surface area contributed by atoms with Gasteiger partial charge in [0, 0.05) is 17.9 Å². The number of amides is 2. The number of hydrogen-bond donors (Lipinski definition) is 1. The van der Waals surface area contributed by atoms with Gasteiger partial charge in [-0.3, -0.25) is 9.59 Å². The Morgan fingerprint density at radius 1 is 1.00 bits per heavy atom. The lowest BCUT2D eigenvalue weighted by molar-refractivity contribution is -0.132. The summed E-state index contributed by atoms with van der Waals surface area (Å²) in [6, 6.07) is 15.4. The maximum Gasteiger partial charge on any atom is 0.242 e. The third kappa shape index (κ3) is 3.16. The molecule has 25 heavy (non-hydrogen) atoms. The molecule has 4 heteroatoms. The molecule has 4 nitrogen and oxygen atoms in total. The van der Waals surface area contributed by atoms with E-state index in [-0.39, 0.29) is 11.8 Å². The molecule has 2 amide bonds. The van der Waals surface area contributed by atoms with Crippen molar-refractivity contribution in [1.82, 2.24) is 0 Å². The van der Waals surface area contributed by atoms with Gasteiger partial charge in [-0.15, -0.1) is 0 Å². The van der Waals surface area contributed by atoms with Gasteiger partial charge in [0.2, 0.25) is 11.8 Å². The molecule has 1 aliphatic carbocycles. The van der Waals surface area contributed by atoms with Gasteiger partial charge in [-0.2, -0.15) is 0 Å². The lowest BCUT2D eigenvalue weighted by Gasteiger charge is -2.26. The van der Waals surface area contributed by atoms with Crippen LogP contribution in [0.3, 0.4) is 0 Å². The second-order valence-corrected chi connectivity index (χ2v) is 6.69. The van der Waals surface area contributed by atoms with E-state index in [9.17, 15) is 9.59 Å². The number of anilines is 2. The fourth-order valence-corrected chi connectivity index (χ4v) is 3.22. The van der Waals surface area contributed by atoms with Crippen LogP contribution in [0.1, 0.15) is 30.9 Å². The zero-order valence-electron chi connectivity index (χ0n) is 15.0. The van der Waals surface area contributed by atoms with E-state index in [0.717, 1.165) is 22.5 Å². The summed E-state index contributed by atoms with van der Waals surface area (Å²) in [6.45, 7) is 6.41. The maximum atomic E-state index is 13.1. The first-order valence-electron chi connectivity index (χ1n) is 8.74. The van der Waals surface area contributed by atoms with Crippen molar-refractivity contribution in [1.29, 1.82) is 0 Å². The fourth-order valence-electron chi connectivity index (χ4n) is 3.22. The Kier molecular flexibility index (Phi) is 4.62. The molecule has 0 aromatic heterocycles. The number of nitrogens with one attached hydrogen (secondary N) is 1. The predicted octanol–water partition coefficient (Wildman–Crippen LogP) is 4.08. The normalized spacial score (nSPS) is 14.7. The van der Waals surface area contributed by atoms with Crippen LogP contribution >= 0.6 is 0 Å². The SMILES string of the molecule is CCN(C(=O)C1(C(=O)Nc2c(C)cccc2C)CC1)c1ccccc1. The van der Waals surface area contributed by atoms with Gasteiger partial charge >= 0.3 is 0 Å². The van der Waals surface area contributed by atoms with Crippen molar-refractivity contribution in [2.45, 2.75) is 33.6 Å². The Labute approximate surface area is 148 Å². The monoisotopic (exact) mass is 336 g/mol. The van der Waals surface area contributed by atoms with Gasteiger partial charge in [0.15, 0.2) is 0 Å². The molecule has 0 aliphatic heterocycles. The van der Waals surface area contributed by atoms with Crippen LogP contribution in [0.25, 0.3) is 0 Å². The maximum absolute atomic E-state index is 13.1. The van der Waals surface area contributed by atoms with Crippen LogP contribution in [-0.4, -0.2) is 18.4 Å². The van der Waals surface area contributed by atoms with Crippen LogP contribution in [0.15, 0.2) is 48.5 Å². The van der Waals surface area contributed by atoms with Crippen LogP contribution in [0.5, 0.6) is 0 Å². The standard InChI is InChI=1S/C21H24N2O2/c1-4-23(17-11-6-5-7-12-17)20(25)21(13-14-21)19(24)22-18-15(2)9-8-10-16(18)3/h5-12H,4,13-14H2,1-3H3,(H,22,24). The highest BCUT2D eigenvalue weighted by Crippen LogP contribution is 2.49. The second-order valence-electron chi connectivity index (χ2n) is 6.69. The summed E-state index contributed by atoms with van der Waals surface area (Å²) in [5.41, 5.74) is 2.73. The topological polar surface area (TPSA) is 49.4 Å². The number of carbonyl (C=O) groups excluding carboxylic acids is 2. The zero-order chi connectivity index (χ0) is 18.0. The van der Waals surface area contributed by atoms with Crippen LogP contribution in [0, 0.1) is 19.3 Å². The van der Waals surface area contributed by atoms with E-state index in [0.29, 0.717) is 19.4 Å². The Morgan fingerprint density at radius 3 is 2.12 bits per heavy atom. The third-order valence-electron chi connectivity index (χ3n) is 4.94. The number of carbonyl (C=O) groups is 2. The number of benzene rings is 2. The summed E-state index contributed by atoms with van der Waals surface area (Å²) in [7, 11) is 0. The minimum absolute atomic E-state index is 0.107. The lowest BCUT2D eigenvalue weighted by Crippen LogP contribution is -2.43. The van der Waals surface area contributed by atoms with E-state index in [1.54, 1.807) is 4.90 Å². The Bertz CT molecular complexity index is 775. The Hall–Kier alpha value is -2.62. The van der Waals surface area contributed by atoms with Crippen molar-refractivity contribution < 1.29 is 9.59 Å². The number of hydrogen-bond acceptors (Lipinski definition) is 2. The quantitative estimate of drug-likeness (QED) is 0.837. The van der Waals surface area contributed by atoms with Crippen molar-refractivity contribution in [3.05, 3.63) is 59.7 Å². The van der Waals surface area contributed by atoms with Crippen molar-refractivity contribution in [2.75, 3.05) is 16.8 Å². The van der Waals surface area contributed by atoms with Crippen molar-refractivity contribution in [3.63, 3.8) is 0 Å². The lowest BCUT2D eigenvalue weighted by atomic mass is 10.0. The molecule has 1 aliphatic rings. The van der Waals surface area contributed by atoms with E-state index in [4.69, 9.17) is 0 Å². The van der Waals surface area contributed by atoms with Crippen LogP contribution < -0.4 is 10.2 Å². The molecule has 3 rings (SSSR count). The zero-order valence-corrected chi connectivity index (χ0v) is 15.0. The minimum atomic E-state index is -0.930. The molecule has 0 atom stereocenters. The van der Waals surface area contributed by atoms with Crippen LogP contribution in [0.2, 0.25) is 0 Å². The number of nitrogens with zero attached hydrogens (tertiary/aromatic N) is 1. The van der Waals surface area contributed by atoms with Gasteiger partial charge in [-0.05, 0) is 56.9 Å². The minimum Gasteiger partial charge on any atom is -0.325 e. The summed E-state index contributed by atoms with van der Waals surface area (Å²) >= 11 is 0. The molecule has 2 aromatic rings. The molecule has 0 bridgehead atoms. The number of aryl methyl sites for hydroxylation is 2. The molecular weight excluding hydrogens is 312 g/mol. The molecule has 0 spiro atoms. The first-order valence-corrected chi connectivity index (χ1v) is 8.74. The number of rotatable bonds is 5. The highest BCUT2D eigenvalue weighted by atomic mass is 16.2. The Morgan fingerprint density at radius 2 is 1.60 bits per heavy atom. The van der Waals surface area contributed by atoms with E-state index in [2.05, 4.69) is 5.32 Å². The fraction of sp³-hybridized carbons (Fsp3) is 0.333. The average molecular weight is 336 g/mol. The summed E-state index contributed by atoms with van der Waals surface area (Å²) in [5.74, 6) is -0.297. The molecule has 0 saturated heterocycles. The first-order chi connectivity index (χ1) is 12.0. The van der Waals surface area contributed by atoms with Gasteiger partial charge in [0.25, 0.3) is 0 Å². The van der Waals surface area contributed by atoms with Crippen LogP contribution in [0.4, 0.5) is 11.4 Å². The Balaban J connectivity index is 1.84. The largest absolute Gasteiger partial charge is 0.325 e. The molecular formula is C21H24N2O2. The van der Waals surface area contributed by atoms with Crippen molar-refractivity contribution >= 4 is 23.2 Å². The van der Waals surface area contributed by atoms with E-state index >= 15 is 0 Å². The van der Waals surface area contributed by atoms with Crippen LogP contribution in [-0.2, 0) is 9.59 Å². The molecule has 130 valence electrons. The summed E-state index contributed by atoms with van der Waals surface area (Å²) < 4.78 is 0. The predicted molar refractivity (Wildman–Crippen MR) is 101 cm³/mol. The third-order valence-corrected chi connectivity index (χ3v) is 4.94. The first kappa shape index (κ1) is 17.2. The van der Waals surface area contributed by atoms with Gasteiger partial charge in [-0.1, -0.05) is 36.4 Å². The summed E-state index contributed by atoms with van der Waals surface area (Å²) in [5, 5.41) is 3.01. The van der Waals surface area contributed by atoms with Gasteiger partial charge in [-0.25, -0.2) is 0 Å². The molecule has 1 fully saturated rings. The molecule has 1 saturated carbocycles. The molecule has 1 N–H and O–H groups in total. The molecule has 0 heterocycles. The summed E-state index contributed by atoms with van der Waals surface area (Å²) in [6.07, 6.45) is 1.21. The molecule has 0 radical (unpaired) electrons. The van der Waals surface area contributed by atoms with Gasteiger partial charge in [0.05, 0.1) is 0 Å². The van der Waals surface area contributed by atoms with Crippen molar-refractivity contribution in [3.8, 4) is 0 Å². The highest BCUT2D eigenvalue weighted by Gasteiger charge is 2.58. The van der Waals surface area contributed by atoms with E-state index in [1.807, 2.05) is 69.3 Å². The van der Waals surface area contributed by atoms with Gasteiger partial charge in [0.1, 0.15) is 5.41 Å². The highest BCUT2D eigenvalue weighted by molar-refractivity contribution is 6.17. The summed E-state index contributed by atoms with van der Waals surface area (Å²) in [4.78, 5) is 27.8. The van der Waals surface area contributed by atoms with E-state index < -0.39 is 5.41 Å². The number of para-hydroxylation sites is 2. The smallest absolute Gasteiger partial charge is 0.242 e. The van der Waals surface area contributed by atoms with E-state index in [1.165, 1.54) is 0 Å². The molecule has 0 unspecified atom stereocenters. The van der Waals surface area contributed by atoms with Gasteiger partial charge < -0.3 is 10.2 Å².